The van der Waals surface area contributed by atoms with Gasteiger partial charge in [0.15, 0.2) is 0 Å². The zero-order valence-corrected chi connectivity index (χ0v) is 10.9. The van der Waals surface area contributed by atoms with Gasteiger partial charge in [0.05, 0.1) is 10.7 Å². The molecule has 1 aliphatic rings. The Morgan fingerprint density at radius 1 is 1.47 bits per heavy atom. The molecule has 1 aliphatic heterocycles. The van der Waals surface area contributed by atoms with Gasteiger partial charge >= 0.3 is 0 Å². The van der Waals surface area contributed by atoms with E-state index < -0.39 is 0 Å². The second kappa shape index (κ2) is 4.22. The first-order valence-electron chi connectivity index (χ1n) is 5.79. The zero-order chi connectivity index (χ0) is 12.6. The Hall–Kier alpha value is -1.22. The van der Waals surface area contributed by atoms with Gasteiger partial charge in [0.1, 0.15) is 0 Å². The Morgan fingerprint density at radius 2 is 2.18 bits per heavy atom. The molecule has 1 saturated heterocycles. The van der Waals surface area contributed by atoms with Crippen LogP contribution in [0.5, 0.6) is 0 Å². The van der Waals surface area contributed by atoms with Gasteiger partial charge in [0.25, 0.3) is 5.91 Å². The molecular formula is C13H17ClN2O. The highest BCUT2D eigenvalue weighted by Crippen LogP contribution is 2.30. The quantitative estimate of drug-likeness (QED) is 0.781. The van der Waals surface area contributed by atoms with E-state index >= 15 is 0 Å². The Labute approximate surface area is 107 Å². The van der Waals surface area contributed by atoms with Crippen molar-refractivity contribution in [1.82, 2.24) is 4.90 Å². The van der Waals surface area contributed by atoms with Crippen LogP contribution in [-0.2, 0) is 0 Å². The fourth-order valence-corrected chi connectivity index (χ4v) is 2.48. The van der Waals surface area contributed by atoms with Crippen LogP contribution in [0.4, 0.5) is 5.69 Å². The second-order valence-electron chi connectivity index (χ2n) is 5.11. The van der Waals surface area contributed by atoms with Gasteiger partial charge in [-0.05, 0) is 44.9 Å². The number of hydrogen-bond donors (Lipinski definition) is 1. The molecule has 0 bridgehead atoms. The zero-order valence-electron chi connectivity index (χ0n) is 10.2. The molecule has 0 radical (unpaired) electrons. The van der Waals surface area contributed by atoms with Crippen LogP contribution in [0.25, 0.3) is 0 Å². The lowest BCUT2D eigenvalue weighted by molar-refractivity contribution is 0.0652. The molecule has 0 unspecified atom stereocenters. The summed E-state index contributed by atoms with van der Waals surface area (Å²) in [5, 5.41) is 0.438. The van der Waals surface area contributed by atoms with E-state index in [1.807, 2.05) is 4.90 Å². The fraction of sp³-hybridized carbons (Fsp3) is 0.462. The first-order chi connectivity index (χ1) is 7.92. The molecule has 1 amide bonds. The van der Waals surface area contributed by atoms with Gasteiger partial charge < -0.3 is 10.6 Å². The maximum absolute atomic E-state index is 12.4. The second-order valence-corrected chi connectivity index (χ2v) is 5.52. The van der Waals surface area contributed by atoms with Crippen LogP contribution in [0.15, 0.2) is 18.2 Å². The first kappa shape index (κ1) is 12.2. The number of amides is 1. The van der Waals surface area contributed by atoms with Crippen molar-refractivity contribution in [1.29, 1.82) is 0 Å². The normalized spacial score (nSPS) is 18.4. The van der Waals surface area contributed by atoms with E-state index in [9.17, 15) is 4.79 Å². The average Bonchev–Trinajstić information content (AvgIpc) is 2.61. The van der Waals surface area contributed by atoms with Crippen LogP contribution in [0.3, 0.4) is 0 Å². The summed E-state index contributed by atoms with van der Waals surface area (Å²) in [5.41, 5.74) is 6.69. The van der Waals surface area contributed by atoms with Gasteiger partial charge in [0, 0.05) is 17.6 Å². The van der Waals surface area contributed by atoms with E-state index in [2.05, 4.69) is 13.8 Å². The number of nitrogens with two attached hydrogens (primary N) is 1. The van der Waals surface area contributed by atoms with Crippen molar-refractivity contribution < 1.29 is 4.79 Å². The molecule has 3 nitrogen and oxygen atoms in total. The van der Waals surface area contributed by atoms with Crippen LogP contribution in [0, 0.1) is 0 Å². The third-order valence-electron chi connectivity index (χ3n) is 3.39. The van der Waals surface area contributed by atoms with Crippen LogP contribution in [0.2, 0.25) is 5.02 Å². The van der Waals surface area contributed by atoms with Crippen LogP contribution >= 0.6 is 11.6 Å². The molecule has 2 N–H and O–H groups in total. The fourth-order valence-electron chi connectivity index (χ4n) is 2.30. The minimum Gasteiger partial charge on any atom is -0.398 e. The van der Waals surface area contributed by atoms with Crippen molar-refractivity contribution in [2.75, 3.05) is 12.3 Å². The highest BCUT2D eigenvalue weighted by Gasteiger charge is 2.35. The molecule has 0 aliphatic carbocycles. The predicted octanol–water partition coefficient (Wildman–Crippen LogP) is 2.94. The SMILES string of the molecule is CC1(C)CCCN1C(=O)c1ccc(N)c(Cl)c1. The van der Waals surface area contributed by atoms with Gasteiger partial charge in [-0.15, -0.1) is 0 Å². The Morgan fingerprint density at radius 3 is 2.71 bits per heavy atom. The Balaban J connectivity index is 2.28. The molecule has 0 saturated carbocycles. The average molecular weight is 253 g/mol. The highest BCUT2D eigenvalue weighted by atomic mass is 35.5. The van der Waals surface area contributed by atoms with Crippen molar-refractivity contribution >= 4 is 23.2 Å². The van der Waals surface area contributed by atoms with Gasteiger partial charge in [-0.25, -0.2) is 0 Å². The minimum atomic E-state index is -0.0645. The van der Waals surface area contributed by atoms with Crippen LogP contribution in [0.1, 0.15) is 37.0 Å². The molecule has 0 atom stereocenters. The molecule has 1 heterocycles. The number of halogens is 1. The number of rotatable bonds is 1. The maximum Gasteiger partial charge on any atom is 0.254 e. The predicted molar refractivity (Wildman–Crippen MR) is 70.2 cm³/mol. The number of carbonyl (C=O) groups excluding carboxylic acids is 1. The molecule has 1 aromatic carbocycles. The van der Waals surface area contributed by atoms with E-state index in [0.717, 1.165) is 19.4 Å². The molecular weight excluding hydrogens is 236 g/mol. The summed E-state index contributed by atoms with van der Waals surface area (Å²) in [4.78, 5) is 14.3. The summed E-state index contributed by atoms with van der Waals surface area (Å²) in [7, 11) is 0. The molecule has 17 heavy (non-hydrogen) atoms. The lowest BCUT2D eigenvalue weighted by Crippen LogP contribution is -2.42. The summed E-state index contributed by atoms with van der Waals surface area (Å²) in [6.45, 7) is 5.00. The lowest BCUT2D eigenvalue weighted by atomic mass is 10.0. The van der Waals surface area contributed by atoms with Gasteiger partial charge in [0.2, 0.25) is 0 Å². The minimum absolute atomic E-state index is 0.0365. The molecule has 4 heteroatoms. The van der Waals surface area contributed by atoms with Crippen molar-refractivity contribution in [2.45, 2.75) is 32.2 Å². The monoisotopic (exact) mass is 252 g/mol. The summed E-state index contributed by atoms with van der Waals surface area (Å²) in [5.74, 6) is 0.0365. The van der Waals surface area contributed by atoms with E-state index in [4.69, 9.17) is 17.3 Å². The van der Waals surface area contributed by atoms with E-state index in [-0.39, 0.29) is 11.4 Å². The summed E-state index contributed by atoms with van der Waals surface area (Å²) in [6, 6.07) is 5.06. The summed E-state index contributed by atoms with van der Waals surface area (Å²) in [6.07, 6.45) is 2.10. The number of benzene rings is 1. The number of hydrogen-bond acceptors (Lipinski definition) is 2. The van der Waals surface area contributed by atoms with E-state index in [1.165, 1.54) is 0 Å². The molecule has 0 spiro atoms. The molecule has 2 rings (SSSR count). The van der Waals surface area contributed by atoms with Crippen molar-refractivity contribution in [3.05, 3.63) is 28.8 Å². The van der Waals surface area contributed by atoms with Gasteiger partial charge in [-0.3, -0.25) is 4.79 Å². The number of carbonyl (C=O) groups is 1. The number of anilines is 1. The Bertz CT molecular complexity index is 457. The highest BCUT2D eigenvalue weighted by molar-refractivity contribution is 6.33. The third-order valence-corrected chi connectivity index (χ3v) is 3.72. The topological polar surface area (TPSA) is 46.3 Å². The van der Waals surface area contributed by atoms with Gasteiger partial charge in [-0.1, -0.05) is 11.6 Å². The van der Waals surface area contributed by atoms with E-state index in [0.29, 0.717) is 16.3 Å². The van der Waals surface area contributed by atoms with Crippen molar-refractivity contribution in [3.8, 4) is 0 Å². The third kappa shape index (κ3) is 2.25. The maximum atomic E-state index is 12.4. The van der Waals surface area contributed by atoms with Crippen LogP contribution < -0.4 is 5.73 Å². The molecule has 0 aromatic heterocycles. The van der Waals surface area contributed by atoms with Crippen molar-refractivity contribution in [2.24, 2.45) is 0 Å². The number of nitrogens with zero attached hydrogens (tertiary/aromatic N) is 1. The Kier molecular flexibility index (Phi) is 3.04. The summed E-state index contributed by atoms with van der Waals surface area (Å²) >= 11 is 5.94. The molecule has 1 fully saturated rings. The number of nitrogen functional groups attached to an aromatic ring is 1. The number of likely N-dealkylation sites (tertiary alicyclic amines) is 1. The first-order valence-corrected chi connectivity index (χ1v) is 6.16. The smallest absolute Gasteiger partial charge is 0.254 e. The lowest BCUT2D eigenvalue weighted by Gasteiger charge is -2.31. The molecule has 1 aromatic rings. The summed E-state index contributed by atoms with van der Waals surface area (Å²) < 4.78 is 0. The standard InChI is InChI=1S/C13H17ClN2O/c1-13(2)6-3-7-16(13)12(17)9-4-5-11(15)10(14)8-9/h4-5,8H,3,6-7,15H2,1-2H3. The molecule has 92 valence electrons. The van der Waals surface area contributed by atoms with Crippen molar-refractivity contribution in [3.63, 3.8) is 0 Å². The largest absolute Gasteiger partial charge is 0.398 e. The van der Waals surface area contributed by atoms with Gasteiger partial charge in [-0.2, -0.15) is 0 Å². The van der Waals surface area contributed by atoms with Crippen LogP contribution in [-0.4, -0.2) is 22.9 Å². The van der Waals surface area contributed by atoms with E-state index in [1.54, 1.807) is 18.2 Å².